The van der Waals surface area contributed by atoms with Crippen LogP contribution in [-0.4, -0.2) is 23.3 Å². The van der Waals surface area contributed by atoms with Crippen LogP contribution < -0.4 is 10.6 Å². The van der Waals surface area contributed by atoms with Gasteiger partial charge in [0.15, 0.2) is 5.13 Å². The molecule has 1 heterocycles. The van der Waals surface area contributed by atoms with E-state index in [4.69, 9.17) is 0 Å². The number of benzene rings is 1. The van der Waals surface area contributed by atoms with Gasteiger partial charge in [-0.25, -0.2) is 4.98 Å². The summed E-state index contributed by atoms with van der Waals surface area (Å²) in [5, 5.41) is 7.87. The largest absolute Gasteiger partial charge is 0.347 e. The Morgan fingerprint density at radius 3 is 2.83 bits per heavy atom. The molecule has 0 bridgehead atoms. The van der Waals surface area contributed by atoms with E-state index in [2.05, 4.69) is 31.5 Å². The molecule has 0 radical (unpaired) electrons. The molecule has 126 valence electrons. The summed E-state index contributed by atoms with van der Waals surface area (Å²) in [6.45, 7) is -0.0128. The van der Waals surface area contributed by atoms with Gasteiger partial charge in [0.2, 0.25) is 11.8 Å². The molecule has 0 atom stereocenters. The first-order valence-electron chi connectivity index (χ1n) is 7.91. The summed E-state index contributed by atoms with van der Waals surface area (Å²) in [5.74, 6) is -0.200. The third-order valence-electron chi connectivity index (χ3n) is 4.02. The molecule has 2 amide bonds. The minimum atomic E-state index is -0.253. The van der Waals surface area contributed by atoms with E-state index in [9.17, 15) is 9.59 Å². The van der Waals surface area contributed by atoms with Gasteiger partial charge in [-0.15, -0.1) is 11.3 Å². The lowest BCUT2D eigenvalue weighted by Gasteiger charge is -2.09. The molecule has 0 aliphatic heterocycles. The fourth-order valence-electron chi connectivity index (χ4n) is 2.77. The molecule has 1 aliphatic carbocycles. The fourth-order valence-corrected chi connectivity index (χ4v) is 3.91. The van der Waals surface area contributed by atoms with Gasteiger partial charge in [0.25, 0.3) is 0 Å². The quantitative estimate of drug-likeness (QED) is 0.790. The second-order valence-electron chi connectivity index (χ2n) is 5.80. The van der Waals surface area contributed by atoms with Crippen LogP contribution in [0.3, 0.4) is 0 Å². The summed E-state index contributed by atoms with van der Waals surface area (Å²) in [7, 11) is 0. The van der Waals surface area contributed by atoms with Crippen molar-refractivity contribution in [3.63, 3.8) is 0 Å². The second kappa shape index (κ2) is 7.90. The number of hydrogen-bond donors (Lipinski definition) is 2. The highest BCUT2D eigenvalue weighted by Crippen LogP contribution is 2.27. The Bertz CT molecular complexity index is 741. The first-order valence-corrected chi connectivity index (χ1v) is 9.58. The van der Waals surface area contributed by atoms with Crippen LogP contribution in [0.2, 0.25) is 0 Å². The fraction of sp³-hybridized carbons (Fsp3) is 0.353. The second-order valence-corrected chi connectivity index (χ2v) is 7.57. The number of rotatable bonds is 5. The van der Waals surface area contributed by atoms with Gasteiger partial charge in [0, 0.05) is 21.3 Å². The number of halogens is 1. The molecule has 2 aromatic rings. The van der Waals surface area contributed by atoms with Gasteiger partial charge in [-0.2, -0.15) is 0 Å². The summed E-state index contributed by atoms with van der Waals surface area (Å²) in [5.41, 5.74) is 1.79. The minimum Gasteiger partial charge on any atom is -0.347 e. The van der Waals surface area contributed by atoms with Crippen molar-refractivity contribution in [2.45, 2.75) is 25.7 Å². The van der Waals surface area contributed by atoms with Crippen LogP contribution in [0.25, 0.3) is 11.3 Å². The Labute approximate surface area is 153 Å². The van der Waals surface area contributed by atoms with E-state index in [0.717, 1.165) is 41.4 Å². The molecule has 2 N–H and O–H groups in total. The van der Waals surface area contributed by atoms with Crippen LogP contribution in [0.1, 0.15) is 25.7 Å². The maximum Gasteiger partial charge on any atom is 0.245 e. The van der Waals surface area contributed by atoms with Gasteiger partial charge in [-0.3, -0.25) is 9.59 Å². The van der Waals surface area contributed by atoms with Crippen molar-refractivity contribution in [3.8, 4) is 11.3 Å². The summed E-state index contributed by atoms with van der Waals surface area (Å²) in [4.78, 5) is 28.3. The Kier molecular flexibility index (Phi) is 5.63. The van der Waals surface area contributed by atoms with Crippen LogP contribution in [0, 0.1) is 5.92 Å². The summed E-state index contributed by atoms with van der Waals surface area (Å²) in [6.07, 6.45) is 4.05. The standard InChI is InChI=1S/C17H18BrN3O2S/c18-13-7-3-6-12(8-13)14-10-24-17(20-14)21-15(22)9-19-16(23)11-4-1-2-5-11/h3,6-8,10-11H,1-2,4-5,9H2,(H,19,23)(H,20,21,22). The predicted octanol–water partition coefficient (Wildman–Crippen LogP) is 3.82. The molecule has 1 fully saturated rings. The van der Waals surface area contributed by atoms with Gasteiger partial charge in [0.05, 0.1) is 12.2 Å². The van der Waals surface area contributed by atoms with E-state index >= 15 is 0 Å². The number of carbonyl (C=O) groups is 2. The molecule has 1 aromatic heterocycles. The van der Waals surface area contributed by atoms with Gasteiger partial charge in [-0.05, 0) is 25.0 Å². The summed E-state index contributed by atoms with van der Waals surface area (Å²) >= 11 is 4.80. The molecule has 7 heteroatoms. The van der Waals surface area contributed by atoms with E-state index in [1.807, 2.05) is 29.6 Å². The molecule has 0 saturated heterocycles. The first kappa shape index (κ1) is 17.1. The van der Waals surface area contributed by atoms with Gasteiger partial charge >= 0.3 is 0 Å². The molecule has 0 spiro atoms. The molecule has 1 aromatic carbocycles. The number of anilines is 1. The van der Waals surface area contributed by atoms with Crippen molar-refractivity contribution >= 4 is 44.2 Å². The topological polar surface area (TPSA) is 71.1 Å². The Hall–Kier alpha value is -1.73. The average Bonchev–Trinajstić information content (AvgIpc) is 3.24. The van der Waals surface area contributed by atoms with Crippen LogP contribution in [0.4, 0.5) is 5.13 Å². The number of hydrogen-bond acceptors (Lipinski definition) is 4. The molecule has 0 unspecified atom stereocenters. The Morgan fingerprint density at radius 2 is 2.08 bits per heavy atom. The predicted molar refractivity (Wildman–Crippen MR) is 98.8 cm³/mol. The SMILES string of the molecule is O=C(CNC(=O)C1CCCC1)Nc1nc(-c2cccc(Br)c2)cs1. The van der Waals surface area contributed by atoms with Gasteiger partial charge in [0.1, 0.15) is 0 Å². The van der Waals surface area contributed by atoms with Crippen molar-refractivity contribution < 1.29 is 9.59 Å². The lowest BCUT2D eigenvalue weighted by molar-refractivity contribution is -0.127. The van der Waals surface area contributed by atoms with E-state index in [-0.39, 0.29) is 24.3 Å². The zero-order valence-corrected chi connectivity index (χ0v) is 15.5. The van der Waals surface area contributed by atoms with Crippen molar-refractivity contribution in [1.29, 1.82) is 0 Å². The molecular formula is C17H18BrN3O2S. The number of carbonyl (C=O) groups excluding carboxylic acids is 2. The highest BCUT2D eigenvalue weighted by molar-refractivity contribution is 9.10. The molecule has 24 heavy (non-hydrogen) atoms. The number of aromatic nitrogens is 1. The lowest BCUT2D eigenvalue weighted by Crippen LogP contribution is -2.36. The van der Waals surface area contributed by atoms with Gasteiger partial charge < -0.3 is 10.6 Å². The monoisotopic (exact) mass is 407 g/mol. The van der Waals surface area contributed by atoms with E-state index in [0.29, 0.717) is 5.13 Å². The average molecular weight is 408 g/mol. The van der Waals surface area contributed by atoms with E-state index in [1.165, 1.54) is 11.3 Å². The third-order valence-corrected chi connectivity index (χ3v) is 5.27. The van der Waals surface area contributed by atoms with Gasteiger partial charge in [-0.1, -0.05) is 40.9 Å². The van der Waals surface area contributed by atoms with Crippen LogP contribution in [0.5, 0.6) is 0 Å². The highest BCUT2D eigenvalue weighted by Gasteiger charge is 2.22. The molecule has 3 rings (SSSR count). The van der Waals surface area contributed by atoms with Crippen LogP contribution in [-0.2, 0) is 9.59 Å². The molecule has 1 aliphatic rings. The van der Waals surface area contributed by atoms with Crippen molar-refractivity contribution in [2.24, 2.45) is 5.92 Å². The lowest BCUT2D eigenvalue weighted by atomic mass is 10.1. The normalized spacial score (nSPS) is 14.5. The minimum absolute atomic E-state index is 0.0128. The highest BCUT2D eigenvalue weighted by atomic mass is 79.9. The zero-order valence-electron chi connectivity index (χ0n) is 13.0. The Balaban J connectivity index is 1.52. The van der Waals surface area contributed by atoms with Crippen molar-refractivity contribution in [1.82, 2.24) is 10.3 Å². The molecular weight excluding hydrogens is 390 g/mol. The number of amides is 2. The van der Waals surface area contributed by atoms with E-state index in [1.54, 1.807) is 0 Å². The number of thiazole rings is 1. The maximum atomic E-state index is 12.0. The smallest absolute Gasteiger partial charge is 0.245 e. The van der Waals surface area contributed by atoms with E-state index < -0.39 is 0 Å². The summed E-state index contributed by atoms with van der Waals surface area (Å²) in [6, 6.07) is 7.83. The number of nitrogens with zero attached hydrogens (tertiary/aromatic N) is 1. The van der Waals surface area contributed by atoms with Crippen LogP contribution in [0.15, 0.2) is 34.1 Å². The Morgan fingerprint density at radius 1 is 1.29 bits per heavy atom. The van der Waals surface area contributed by atoms with Crippen LogP contribution >= 0.6 is 27.3 Å². The number of nitrogens with one attached hydrogen (secondary N) is 2. The summed E-state index contributed by atoms with van der Waals surface area (Å²) < 4.78 is 0.980. The molecule has 1 saturated carbocycles. The molecule has 5 nitrogen and oxygen atoms in total. The van der Waals surface area contributed by atoms with Crippen molar-refractivity contribution in [2.75, 3.05) is 11.9 Å². The first-order chi connectivity index (χ1) is 11.6. The zero-order chi connectivity index (χ0) is 16.9. The third kappa shape index (κ3) is 4.42. The maximum absolute atomic E-state index is 12.0. The van der Waals surface area contributed by atoms with Crippen molar-refractivity contribution in [3.05, 3.63) is 34.1 Å².